The van der Waals surface area contributed by atoms with E-state index in [9.17, 15) is 0 Å². The maximum absolute atomic E-state index is 5.79. The number of fused-ring (bicyclic) bond motifs is 1. The number of nitrogen functional groups attached to an aromatic ring is 1. The fourth-order valence-electron chi connectivity index (χ4n) is 1.92. The van der Waals surface area contributed by atoms with Gasteiger partial charge in [0, 0.05) is 12.2 Å². The highest BCUT2D eigenvalue weighted by atomic mass is 16.5. The highest BCUT2D eigenvalue weighted by Gasteiger charge is 2.18. The maximum Gasteiger partial charge on any atom is 0.142 e. The van der Waals surface area contributed by atoms with Gasteiger partial charge in [-0.3, -0.25) is 0 Å². The van der Waals surface area contributed by atoms with Crippen molar-refractivity contribution >= 4 is 11.4 Å². The molecule has 2 rings (SSSR count). The summed E-state index contributed by atoms with van der Waals surface area (Å²) < 4.78 is 5.59. The fraction of sp³-hybridized carbons (Fsp3) is 0.500. The second kappa shape index (κ2) is 4.01. The number of nitrogens with two attached hydrogens (primary N) is 1. The maximum atomic E-state index is 5.79. The molecule has 0 bridgehead atoms. The summed E-state index contributed by atoms with van der Waals surface area (Å²) in [5.74, 6) is 1.61. The lowest BCUT2D eigenvalue weighted by Crippen LogP contribution is -2.35. The minimum absolute atomic E-state index is 0.650. The third kappa shape index (κ3) is 2.17. The van der Waals surface area contributed by atoms with Gasteiger partial charge in [0.1, 0.15) is 12.4 Å². The predicted octanol–water partition coefficient (Wildman–Crippen LogP) is 2.12. The molecular weight excluding hydrogens is 188 g/mol. The first-order valence-electron chi connectivity index (χ1n) is 5.44. The molecule has 0 atom stereocenters. The van der Waals surface area contributed by atoms with Gasteiger partial charge < -0.3 is 15.4 Å². The van der Waals surface area contributed by atoms with Crippen molar-refractivity contribution in [3.63, 3.8) is 0 Å². The van der Waals surface area contributed by atoms with E-state index < -0.39 is 0 Å². The Hall–Kier alpha value is -1.38. The third-order valence-corrected chi connectivity index (χ3v) is 2.53. The minimum atomic E-state index is 0.650. The highest BCUT2D eigenvalue weighted by molar-refractivity contribution is 5.66. The zero-order valence-electron chi connectivity index (χ0n) is 9.36. The molecule has 0 fully saturated rings. The molecule has 1 aliphatic rings. The van der Waals surface area contributed by atoms with Gasteiger partial charge in [0.05, 0.1) is 12.2 Å². The lowest BCUT2D eigenvalue weighted by Gasteiger charge is -2.32. The Kier molecular flexibility index (Phi) is 2.71. The first-order valence-corrected chi connectivity index (χ1v) is 5.44. The fourth-order valence-corrected chi connectivity index (χ4v) is 1.92. The van der Waals surface area contributed by atoms with E-state index in [1.165, 1.54) is 0 Å². The van der Waals surface area contributed by atoms with E-state index in [0.29, 0.717) is 5.92 Å². The Labute approximate surface area is 90.8 Å². The van der Waals surface area contributed by atoms with Gasteiger partial charge in [0.15, 0.2) is 0 Å². The van der Waals surface area contributed by atoms with Crippen LogP contribution in [0.15, 0.2) is 18.2 Å². The average Bonchev–Trinajstić information content (AvgIpc) is 2.18. The summed E-state index contributed by atoms with van der Waals surface area (Å²) >= 11 is 0. The number of hydrogen-bond acceptors (Lipinski definition) is 3. The Bertz CT molecular complexity index is 349. The summed E-state index contributed by atoms with van der Waals surface area (Å²) in [5.41, 5.74) is 7.73. The van der Waals surface area contributed by atoms with Crippen molar-refractivity contribution < 1.29 is 4.74 Å². The van der Waals surface area contributed by atoms with Crippen LogP contribution in [0.4, 0.5) is 11.4 Å². The molecule has 0 saturated heterocycles. The molecular formula is C12H18N2O. The van der Waals surface area contributed by atoms with Crippen molar-refractivity contribution in [1.82, 2.24) is 0 Å². The highest BCUT2D eigenvalue weighted by Crippen LogP contribution is 2.33. The zero-order chi connectivity index (χ0) is 10.8. The molecule has 1 aromatic carbocycles. The van der Waals surface area contributed by atoms with E-state index in [-0.39, 0.29) is 0 Å². The molecule has 82 valence electrons. The van der Waals surface area contributed by atoms with Gasteiger partial charge in [0.25, 0.3) is 0 Å². The van der Waals surface area contributed by atoms with Crippen molar-refractivity contribution in [3.05, 3.63) is 18.2 Å². The van der Waals surface area contributed by atoms with Crippen LogP contribution >= 0.6 is 0 Å². The summed E-state index contributed by atoms with van der Waals surface area (Å²) in [6, 6.07) is 5.84. The molecule has 3 heteroatoms. The van der Waals surface area contributed by atoms with Crippen LogP contribution in [0.1, 0.15) is 13.8 Å². The summed E-state index contributed by atoms with van der Waals surface area (Å²) in [5, 5.41) is 0. The second-order valence-electron chi connectivity index (χ2n) is 4.42. The van der Waals surface area contributed by atoms with Crippen LogP contribution in [-0.2, 0) is 0 Å². The molecule has 0 radical (unpaired) electrons. The quantitative estimate of drug-likeness (QED) is 0.753. The molecule has 0 spiro atoms. The van der Waals surface area contributed by atoms with Crippen LogP contribution in [-0.4, -0.2) is 19.7 Å². The van der Waals surface area contributed by atoms with Crippen molar-refractivity contribution in [2.24, 2.45) is 5.92 Å². The Morgan fingerprint density at radius 2 is 2.27 bits per heavy atom. The van der Waals surface area contributed by atoms with Gasteiger partial charge in [-0.1, -0.05) is 13.8 Å². The standard InChI is InChI=1S/C12H18N2O/c1-9(2)8-14-5-6-15-12-4-3-10(13)7-11(12)14/h3-4,7,9H,5-6,8,13H2,1-2H3. The Balaban J connectivity index is 2.28. The Morgan fingerprint density at radius 3 is 3.00 bits per heavy atom. The molecule has 15 heavy (non-hydrogen) atoms. The molecule has 0 aliphatic carbocycles. The first-order chi connectivity index (χ1) is 7.16. The number of nitrogens with zero attached hydrogens (tertiary/aromatic N) is 1. The minimum Gasteiger partial charge on any atom is -0.490 e. The number of ether oxygens (including phenoxy) is 1. The van der Waals surface area contributed by atoms with Crippen molar-refractivity contribution in [1.29, 1.82) is 0 Å². The largest absolute Gasteiger partial charge is 0.490 e. The molecule has 0 amide bonds. The van der Waals surface area contributed by atoms with E-state index in [0.717, 1.165) is 36.8 Å². The Morgan fingerprint density at radius 1 is 1.47 bits per heavy atom. The van der Waals surface area contributed by atoms with Crippen molar-refractivity contribution in [2.45, 2.75) is 13.8 Å². The lowest BCUT2D eigenvalue weighted by molar-refractivity contribution is 0.305. The van der Waals surface area contributed by atoms with Crippen molar-refractivity contribution in [2.75, 3.05) is 30.3 Å². The molecule has 1 heterocycles. The molecule has 2 N–H and O–H groups in total. The summed E-state index contributed by atoms with van der Waals surface area (Å²) in [7, 11) is 0. The van der Waals surface area contributed by atoms with Gasteiger partial charge in [-0.05, 0) is 24.1 Å². The summed E-state index contributed by atoms with van der Waals surface area (Å²) in [6.45, 7) is 7.22. The molecule has 1 aromatic rings. The van der Waals surface area contributed by atoms with Gasteiger partial charge in [0.2, 0.25) is 0 Å². The monoisotopic (exact) mass is 206 g/mol. The van der Waals surface area contributed by atoms with Crippen molar-refractivity contribution in [3.8, 4) is 5.75 Å². The molecule has 0 aromatic heterocycles. The van der Waals surface area contributed by atoms with Crippen LogP contribution in [0, 0.1) is 5.92 Å². The summed E-state index contributed by atoms with van der Waals surface area (Å²) in [4.78, 5) is 2.35. The first kappa shape index (κ1) is 10.1. The number of benzene rings is 1. The van der Waals surface area contributed by atoms with E-state index in [4.69, 9.17) is 10.5 Å². The van der Waals surface area contributed by atoms with Gasteiger partial charge >= 0.3 is 0 Å². The zero-order valence-corrected chi connectivity index (χ0v) is 9.36. The smallest absolute Gasteiger partial charge is 0.142 e. The average molecular weight is 206 g/mol. The van der Waals surface area contributed by atoms with E-state index in [2.05, 4.69) is 18.7 Å². The van der Waals surface area contributed by atoms with Crippen LogP contribution in [0.2, 0.25) is 0 Å². The van der Waals surface area contributed by atoms with Crippen LogP contribution in [0.5, 0.6) is 5.75 Å². The van der Waals surface area contributed by atoms with E-state index in [1.807, 2.05) is 18.2 Å². The molecule has 3 nitrogen and oxygen atoms in total. The predicted molar refractivity (Wildman–Crippen MR) is 63.4 cm³/mol. The van der Waals surface area contributed by atoms with Gasteiger partial charge in [-0.15, -0.1) is 0 Å². The summed E-state index contributed by atoms with van der Waals surface area (Å²) in [6.07, 6.45) is 0. The second-order valence-corrected chi connectivity index (χ2v) is 4.42. The topological polar surface area (TPSA) is 38.5 Å². The molecule has 1 aliphatic heterocycles. The van der Waals surface area contributed by atoms with Crippen LogP contribution < -0.4 is 15.4 Å². The van der Waals surface area contributed by atoms with Gasteiger partial charge in [-0.25, -0.2) is 0 Å². The normalized spacial score (nSPS) is 15.0. The number of hydrogen-bond donors (Lipinski definition) is 1. The lowest BCUT2D eigenvalue weighted by atomic mass is 10.1. The molecule has 0 unspecified atom stereocenters. The van der Waals surface area contributed by atoms with Crippen LogP contribution in [0.3, 0.4) is 0 Å². The van der Waals surface area contributed by atoms with E-state index in [1.54, 1.807) is 0 Å². The number of rotatable bonds is 2. The third-order valence-electron chi connectivity index (χ3n) is 2.53. The number of anilines is 2. The van der Waals surface area contributed by atoms with Gasteiger partial charge in [-0.2, -0.15) is 0 Å². The van der Waals surface area contributed by atoms with E-state index >= 15 is 0 Å². The SMILES string of the molecule is CC(C)CN1CCOc2ccc(N)cc21. The molecule has 0 saturated carbocycles. The van der Waals surface area contributed by atoms with Crippen LogP contribution in [0.25, 0.3) is 0 Å².